The highest BCUT2D eigenvalue weighted by Gasteiger charge is 2.38. The number of nitrogens with zero attached hydrogens (tertiary/aromatic N) is 3. The Morgan fingerprint density at radius 3 is 2.33 bits per heavy atom. The van der Waals surface area contributed by atoms with Gasteiger partial charge in [0.2, 0.25) is 0 Å². The number of amides is 2. The molecule has 0 bridgehead atoms. The van der Waals surface area contributed by atoms with E-state index >= 15 is 0 Å². The lowest BCUT2D eigenvalue weighted by Crippen LogP contribution is -2.47. The molecule has 214 valence electrons. The third-order valence-corrected chi connectivity index (χ3v) is 6.66. The molecule has 13 heteroatoms. The first kappa shape index (κ1) is 30.1. The van der Waals surface area contributed by atoms with Crippen LogP contribution in [0.15, 0.2) is 48.8 Å². The van der Waals surface area contributed by atoms with Crippen LogP contribution in [-0.2, 0) is 15.1 Å². The molecule has 0 radical (unpaired) electrons. The zero-order valence-electron chi connectivity index (χ0n) is 21.6. The summed E-state index contributed by atoms with van der Waals surface area (Å²) in [6.07, 6.45) is 1.11. The van der Waals surface area contributed by atoms with Crippen molar-refractivity contribution in [3.63, 3.8) is 0 Å². The summed E-state index contributed by atoms with van der Waals surface area (Å²) >= 11 is 0. The number of ether oxygens (including phenoxy) is 1. The van der Waals surface area contributed by atoms with Gasteiger partial charge in [-0.2, -0.15) is 13.2 Å². The molecule has 10 nitrogen and oxygen atoms in total. The number of carbonyl (C=O) groups is 2. The second kappa shape index (κ2) is 14.1. The van der Waals surface area contributed by atoms with E-state index in [9.17, 15) is 18.0 Å². The van der Waals surface area contributed by atoms with E-state index in [1.165, 1.54) is 5.69 Å². The molecule has 2 saturated heterocycles. The van der Waals surface area contributed by atoms with Gasteiger partial charge in [-0.3, -0.25) is 9.88 Å². The van der Waals surface area contributed by atoms with E-state index in [1.807, 2.05) is 36.7 Å². The van der Waals surface area contributed by atoms with Crippen LogP contribution in [0.1, 0.15) is 24.8 Å². The Hall–Kier alpha value is -3.42. The highest BCUT2D eigenvalue weighted by molar-refractivity contribution is 5.89. The Bertz CT molecular complexity index is 1060. The molecule has 5 N–H and O–H groups in total. The van der Waals surface area contributed by atoms with Gasteiger partial charge in [-0.05, 0) is 55.6 Å². The van der Waals surface area contributed by atoms with Crippen LogP contribution in [-0.4, -0.2) is 85.6 Å². The van der Waals surface area contributed by atoms with E-state index in [2.05, 4.69) is 37.6 Å². The Balaban J connectivity index is 0.000000532. The van der Waals surface area contributed by atoms with Crippen molar-refractivity contribution in [3.05, 3.63) is 54.4 Å². The van der Waals surface area contributed by atoms with Crippen molar-refractivity contribution in [1.29, 1.82) is 0 Å². The van der Waals surface area contributed by atoms with Gasteiger partial charge in [-0.15, -0.1) is 0 Å². The molecule has 2 amide bonds. The van der Waals surface area contributed by atoms with Crippen molar-refractivity contribution in [2.45, 2.75) is 31.0 Å². The number of benzene rings is 1. The highest BCUT2D eigenvalue weighted by atomic mass is 19.4. The first-order valence-electron chi connectivity index (χ1n) is 12.8. The minimum Gasteiger partial charge on any atom is -0.475 e. The largest absolute Gasteiger partial charge is 0.490 e. The maximum absolute atomic E-state index is 12.3. The second-order valence-corrected chi connectivity index (χ2v) is 9.42. The summed E-state index contributed by atoms with van der Waals surface area (Å²) in [5.41, 5.74) is 9.24. The van der Waals surface area contributed by atoms with Crippen LogP contribution >= 0.6 is 0 Å². The number of hydrogen-bond donors (Lipinski definition) is 4. The number of carboxylic acid groups (broad SMARTS) is 1. The predicted molar refractivity (Wildman–Crippen MR) is 141 cm³/mol. The Labute approximate surface area is 225 Å². The predicted octanol–water partition coefficient (Wildman–Crippen LogP) is 3.01. The van der Waals surface area contributed by atoms with Gasteiger partial charge in [0.1, 0.15) is 0 Å². The minimum absolute atomic E-state index is 0.178. The van der Waals surface area contributed by atoms with Crippen molar-refractivity contribution >= 4 is 23.4 Å². The van der Waals surface area contributed by atoms with Gasteiger partial charge in [-0.25, -0.2) is 9.59 Å². The van der Waals surface area contributed by atoms with Crippen molar-refractivity contribution in [3.8, 4) is 0 Å². The standard InChI is InChI=1S/C24H34N6O2.C2HF3O2/c25-24(7-17-32-18-8-24)20-3-1-4-21(19-20)28-23(31)27-9-2-12-29-13-15-30(16-14-29)22-5-10-26-11-6-22;3-2(4,5)1(6)7/h1,3-6,10-11,19H,2,7-9,12-18,25H2,(H2,27,28,31);(H,6,7). The summed E-state index contributed by atoms with van der Waals surface area (Å²) in [6.45, 7) is 7.08. The average molecular weight is 553 g/mol. The third kappa shape index (κ3) is 9.68. The van der Waals surface area contributed by atoms with Gasteiger partial charge in [0, 0.05) is 75.2 Å². The molecule has 39 heavy (non-hydrogen) atoms. The molecule has 2 aliphatic rings. The number of urea groups is 1. The van der Waals surface area contributed by atoms with Crippen LogP contribution in [0.25, 0.3) is 0 Å². The summed E-state index contributed by atoms with van der Waals surface area (Å²) in [6, 6.07) is 11.8. The number of carbonyl (C=O) groups excluding carboxylic acids is 1. The topological polar surface area (TPSA) is 133 Å². The van der Waals surface area contributed by atoms with Gasteiger partial charge in [0.25, 0.3) is 0 Å². The number of nitrogens with two attached hydrogens (primary N) is 1. The van der Waals surface area contributed by atoms with Crippen LogP contribution in [0.4, 0.5) is 29.3 Å². The van der Waals surface area contributed by atoms with Crippen molar-refractivity contribution in [2.75, 3.05) is 62.7 Å². The summed E-state index contributed by atoms with van der Waals surface area (Å²) in [4.78, 5) is 30.2. The van der Waals surface area contributed by atoms with Gasteiger partial charge in [0.15, 0.2) is 0 Å². The van der Waals surface area contributed by atoms with Gasteiger partial charge < -0.3 is 31.1 Å². The molecule has 0 saturated carbocycles. The molecule has 2 aliphatic heterocycles. The Morgan fingerprint density at radius 1 is 1.08 bits per heavy atom. The molecule has 0 unspecified atom stereocenters. The minimum atomic E-state index is -5.08. The number of aromatic nitrogens is 1. The average Bonchev–Trinajstić information content (AvgIpc) is 2.92. The lowest BCUT2D eigenvalue weighted by molar-refractivity contribution is -0.192. The maximum atomic E-state index is 12.3. The lowest BCUT2D eigenvalue weighted by atomic mass is 9.84. The molecular weight excluding hydrogens is 517 g/mol. The zero-order chi connectivity index (χ0) is 28.3. The fourth-order valence-corrected chi connectivity index (χ4v) is 4.40. The Morgan fingerprint density at radius 2 is 1.72 bits per heavy atom. The summed E-state index contributed by atoms with van der Waals surface area (Å²) in [5, 5.41) is 13.0. The SMILES string of the molecule is NC1(c2cccc(NC(=O)NCCCN3CCN(c4ccncc4)CC3)c2)CCOCC1.O=C(O)C(F)(F)F. The number of alkyl halides is 3. The van der Waals surface area contributed by atoms with E-state index in [4.69, 9.17) is 20.4 Å². The number of halogens is 3. The third-order valence-electron chi connectivity index (χ3n) is 6.66. The summed E-state index contributed by atoms with van der Waals surface area (Å²) < 4.78 is 37.2. The summed E-state index contributed by atoms with van der Waals surface area (Å²) in [5.74, 6) is -2.76. The van der Waals surface area contributed by atoms with E-state index in [0.717, 1.165) is 63.2 Å². The van der Waals surface area contributed by atoms with Crippen LogP contribution in [0.2, 0.25) is 0 Å². The summed E-state index contributed by atoms with van der Waals surface area (Å²) in [7, 11) is 0. The molecule has 2 fully saturated rings. The van der Waals surface area contributed by atoms with Crippen LogP contribution < -0.4 is 21.3 Å². The molecule has 0 aliphatic carbocycles. The zero-order valence-corrected chi connectivity index (χ0v) is 21.6. The van der Waals surface area contributed by atoms with Crippen molar-refractivity contribution in [1.82, 2.24) is 15.2 Å². The van der Waals surface area contributed by atoms with Gasteiger partial charge in [0.05, 0.1) is 0 Å². The number of aliphatic carboxylic acids is 1. The van der Waals surface area contributed by atoms with E-state index < -0.39 is 12.1 Å². The molecule has 2 aromatic rings. The lowest BCUT2D eigenvalue weighted by Gasteiger charge is -2.36. The van der Waals surface area contributed by atoms with Crippen LogP contribution in [0.3, 0.4) is 0 Å². The molecule has 0 spiro atoms. The van der Waals surface area contributed by atoms with Crippen molar-refractivity contribution < 1.29 is 32.6 Å². The fraction of sp³-hybridized carbons (Fsp3) is 0.500. The maximum Gasteiger partial charge on any atom is 0.490 e. The molecule has 1 aromatic heterocycles. The number of pyridine rings is 1. The normalized spacial score (nSPS) is 17.5. The van der Waals surface area contributed by atoms with Gasteiger partial charge in [-0.1, -0.05) is 12.1 Å². The number of anilines is 2. The number of piperazine rings is 1. The molecule has 1 aromatic carbocycles. The quantitative estimate of drug-likeness (QED) is 0.386. The molecule has 4 rings (SSSR count). The molecule has 3 heterocycles. The molecular formula is C26H35F3N6O4. The number of carboxylic acids is 1. The van der Waals surface area contributed by atoms with E-state index in [0.29, 0.717) is 19.8 Å². The first-order valence-corrected chi connectivity index (χ1v) is 12.8. The van der Waals surface area contributed by atoms with Gasteiger partial charge >= 0.3 is 18.2 Å². The number of hydrogen-bond acceptors (Lipinski definition) is 7. The number of nitrogens with one attached hydrogen (secondary N) is 2. The second-order valence-electron chi connectivity index (χ2n) is 9.42. The number of rotatable bonds is 7. The smallest absolute Gasteiger partial charge is 0.475 e. The highest BCUT2D eigenvalue weighted by Crippen LogP contribution is 2.30. The monoisotopic (exact) mass is 552 g/mol. The van der Waals surface area contributed by atoms with E-state index in [1.54, 1.807) is 0 Å². The first-order chi connectivity index (χ1) is 18.6. The Kier molecular flexibility index (Phi) is 10.9. The molecule has 0 atom stereocenters. The van der Waals surface area contributed by atoms with Crippen molar-refractivity contribution in [2.24, 2.45) is 5.73 Å². The van der Waals surface area contributed by atoms with E-state index in [-0.39, 0.29) is 11.6 Å². The fourth-order valence-electron chi connectivity index (χ4n) is 4.40. The van der Waals surface area contributed by atoms with Crippen LogP contribution in [0, 0.1) is 0 Å². The van der Waals surface area contributed by atoms with Crippen LogP contribution in [0.5, 0.6) is 0 Å².